The van der Waals surface area contributed by atoms with Gasteiger partial charge in [-0.3, -0.25) is 14.4 Å². The summed E-state index contributed by atoms with van der Waals surface area (Å²) >= 11 is 1.47. The number of amides is 3. The van der Waals surface area contributed by atoms with Crippen LogP contribution in [-0.4, -0.2) is 24.3 Å². The lowest BCUT2D eigenvalue weighted by molar-refractivity contribution is -0.117. The fourth-order valence-corrected chi connectivity index (χ4v) is 3.19. The number of nitrogens with one attached hydrogen (secondary N) is 2. The molecule has 1 heterocycles. The number of benzene rings is 1. The molecule has 0 bridgehead atoms. The first-order valence-corrected chi connectivity index (χ1v) is 8.29. The second-order valence-corrected chi connectivity index (χ2v) is 6.39. The Kier molecular flexibility index (Phi) is 5.70. The number of thiophene rings is 1. The second-order valence-electron chi connectivity index (χ2n) is 5.25. The minimum absolute atomic E-state index is 0.211. The number of carbonyl (C=O) groups is 3. The Balaban J connectivity index is 2.09. The molecule has 2 rings (SSSR count). The average Bonchev–Trinajstić information content (AvgIpc) is 2.94. The average molecular weight is 345 g/mol. The first-order chi connectivity index (χ1) is 11.4. The van der Waals surface area contributed by atoms with Crippen molar-refractivity contribution in [2.45, 2.75) is 20.3 Å². The maximum Gasteiger partial charge on any atom is 0.265 e. The molecule has 1 aromatic heterocycles. The quantitative estimate of drug-likeness (QED) is 0.747. The summed E-state index contributed by atoms with van der Waals surface area (Å²) in [5.74, 6) is -1.25. The zero-order valence-corrected chi connectivity index (χ0v) is 14.3. The van der Waals surface area contributed by atoms with Gasteiger partial charge < -0.3 is 16.4 Å². The van der Waals surface area contributed by atoms with Crippen LogP contribution in [0.25, 0.3) is 0 Å². The molecular formula is C17H19N3O3S. The molecule has 0 atom stereocenters. The van der Waals surface area contributed by atoms with Gasteiger partial charge in [0, 0.05) is 16.1 Å². The third-order valence-corrected chi connectivity index (χ3v) is 4.75. The fourth-order valence-electron chi connectivity index (χ4n) is 2.18. The van der Waals surface area contributed by atoms with Crippen LogP contribution in [0.15, 0.2) is 30.3 Å². The molecule has 0 radical (unpaired) electrons. The molecule has 3 amide bonds. The molecule has 0 aliphatic rings. The highest BCUT2D eigenvalue weighted by Crippen LogP contribution is 2.23. The van der Waals surface area contributed by atoms with Crippen molar-refractivity contribution < 1.29 is 14.4 Å². The van der Waals surface area contributed by atoms with Crippen LogP contribution in [-0.2, 0) is 11.2 Å². The molecule has 6 nitrogen and oxygen atoms in total. The molecule has 126 valence electrons. The van der Waals surface area contributed by atoms with E-state index in [1.165, 1.54) is 16.2 Å². The predicted molar refractivity (Wildman–Crippen MR) is 94.4 cm³/mol. The van der Waals surface area contributed by atoms with Crippen LogP contribution in [0.5, 0.6) is 0 Å². The molecule has 4 N–H and O–H groups in total. The number of aryl methyl sites for hydroxylation is 2. The van der Waals surface area contributed by atoms with Crippen molar-refractivity contribution in [1.29, 1.82) is 0 Å². The molecular weight excluding hydrogens is 326 g/mol. The molecule has 0 unspecified atom stereocenters. The van der Waals surface area contributed by atoms with Crippen LogP contribution in [0.4, 0.5) is 5.69 Å². The highest BCUT2D eigenvalue weighted by atomic mass is 32.1. The van der Waals surface area contributed by atoms with Gasteiger partial charge in [0.25, 0.3) is 11.8 Å². The van der Waals surface area contributed by atoms with Gasteiger partial charge in [-0.1, -0.05) is 13.0 Å². The normalized spacial score (nSPS) is 10.2. The van der Waals surface area contributed by atoms with E-state index in [1.807, 2.05) is 13.0 Å². The molecule has 0 spiro atoms. The minimum Gasteiger partial charge on any atom is -0.368 e. The fraction of sp³-hybridized carbons (Fsp3) is 0.235. The standard InChI is InChI=1S/C17H19N3O3S/c1-3-13-10(2)7-14(24-13)17(23)20-12-6-4-5-11(8-12)16(22)19-9-15(18)21/h4-8H,3,9H2,1-2H3,(H2,18,21)(H,19,22)(H,20,23). The first kappa shape index (κ1) is 17.7. The summed E-state index contributed by atoms with van der Waals surface area (Å²) in [5.41, 5.74) is 6.95. The van der Waals surface area contributed by atoms with E-state index in [0.717, 1.165) is 12.0 Å². The maximum absolute atomic E-state index is 12.3. The summed E-state index contributed by atoms with van der Waals surface area (Å²) < 4.78 is 0. The van der Waals surface area contributed by atoms with E-state index < -0.39 is 11.8 Å². The van der Waals surface area contributed by atoms with Crippen molar-refractivity contribution in [2.24, 2.45) is 5.73 Å². The zero-order valence-electron chi connectivity index (χ0n) is 13.5. The Morgan fingerprint density at radius 2 is 1.92 bits per heavy atom. The van der Waals surface area contributed by atoms with Crippen molar-refractivity contribution in [1.82, 2.24) is 5.32 Å². The van der Waals surface area contributed by atoms with Crippen LogP contribution in [0.3, 0.4) is 0 Å². The Labute approximate surface area is 144 Å². The summed E-state index contributed by atoms with van der Waals surface area (Å²) in [5, 5.41) is 5.19. The highest BCUT2D eigenvalue weighted by Gasteiger charge is 2.13. The zero-order chi connectivity index (χ0) is 17.7. The van der Waals surface area contributed by atoms with Crippen LogP contribution < -0.4 is 16.4 Å². The van der Waals surface area contributed by atoms with Crippen molar-refractivity contribution in [3.05, 3.63) is 51.2 Å². The lowest BCUT2D eigenvalue weighted by Gasteiger charge is -2.07. The van der Waals surface area contributed by atoms with Gasteiger partial charge in [-0.05, 0) is 43.2 Å². The first-order valence-electron chi connectivity index (χ1n) is 7.48. The lowest BCUT2D eigenvalue weighted by atomic mass is 10.2. The van der Waals surface area contributed by atoms with E-state index in [4.69, 9.17) is 5.73 Å². The van der Waals surface area contributed by atoms with Crippen LogP contribution in [0.1, 0.15) is 37.4 Å². The highest BCUT2D eigenvalue weighted by molar-refractivity contribution is 7.14. The third-order valence-electron chi connectivity index (χ3n) is 3.37. The molecule has 2 aromatic rings. The lowest BCUT2D eigenvalue weighted by Crippen LogP contribution is -2.33. The number of carbonyl (C=O) groups excluding carboxylic acids is 3. The summed E-state index contributed by atoms with van der Waals surface area (Å²) in [6.45, 7) is 3.80. The van der Waals surface area contributed by atoms with Crippen molar-refractivity contribution >= 4 is 34.7 Å². The molecule has 0 fully saturated rings. The summed E-state index contributed by atoms with van der Waals surface area (Å²) in [6.07, 6.45) is 0.888. The van der Waals surface area contributed by atoms with E-state index >= 15 is 0 Å². The molecule has 7 heteroatoms. The van der Waals surface area contributed by atoms with Gasteiger partial charge in [0.1, 0.15) is 0 Å². The molecule has 0 saturated heterocycles. The van der Waals surface area contributed by atoms with Crippen LogP contribution >= 0.6 is 11.3 Å². The van der Waals surface area contributed by atoms with E-state index in [2.05, 4.69) is 17.6 Å². The van der Waals surface area contributed by atoms with Gasteiger partial charge in [0.05, 0.1) is 11.4 Å². The smallest absolute Gasteiger partial charge is 0.265 e. The van der Waals surface area contributed by atoms with E-state index in [-0.39, 0.29) is 12.5 Å². The molecule has 0 saturated carbocycles. The number of rotatable bonds is 6. The van der Waals surface area contributed by atoms with Gasteiger partial charge in [0.15, 0.2) is 0 Å². The van der Waals surface area contributed by atoms with Gasteiger partial charge >= 0.3 is 0 Å². The number of anilines is 1. The molecule has 0 aliphatic carbocycles. The Bertz CT molecular complexity index is 783. The third kappa shape index (κ3) is 4.42. The van der Waals surface area contributed by atoms with E-state index in [1.54, 1.807) is 24.3 Å². The van der Waals surface area contributed by atoms with E-state index in [9.17, 15) is 14.4 Å². The number of hydrogen-bond acceptors (Lipinski definition) is 4. The van der Waals surface area contributed by atoms with E-state index in [0.29, 0.717) is 16.1 Å². The number of hydrogen-bond donors (Lipinski definition) is 3. The SMILES string of the molecule is CCc1sc(C(=O)Nc2cccc(C(=O)NCC(N)=O)c2)cc1C. The van der Waals surface area contributed by atoms with Crippen LogP contribution in [0.2, 0.25) is 0 Å². The summed E-state index contributed by atoms with van der Waals surface area (Å²) in [7, 11) is 0. The molecule has 0 aliphatic heterocycles. The van der Waals surface area contributed by atoms with Gasteiger partial charge in [-0.15, -0.1) is 11.3 Å². The van der Waals surface area contributed by atoms with Gasteiger partial charge in [0.2, 0.25) is 5.91 Å². The van der Waals surface area contributed by atoms with Crippen molar-refractivity contribution in [3.63, 3.8) is 0 Å². The van der Waals surface area contributed by atoms with Gasteiger partial charge in [-0.2, -0.15) is 0 Å². The topological polar surface area (TPSA) is 101 Å². The summed E-state index contributed by atoms with van der Waals surface area (Å²) in [6, 6.07) is 8.37. The number of nitrogens with two attached hydrogens (primary N) is 1. The minimum atomic E-state index is -0.618. The van der Waals surface area contributed by atoms with Crippen LogP contribution in [0, 0.1) is 6.92 Å². The maximum atomic E-state index is 12.3. The monoisotopic (exact) mass is 345 g/mol. The Morgan fingerprint density at radius 1 is 1.17 bits per heavy atom. The summed E-state index contributed by atoms with van der Waals surface area (Å²) in [4.78, 5) is 36.8. The predicted octanol–water partition coefficient (Wildman–Crippen LogP) is 2.09. The van der Waals surface area contributed by atoms with Gasteiger partial charge in [-0.25, -0.2) is 0 Å². The van der Waals surface area contributed by atoms with Crippen molar-refractivity contribution in [3.8, 4) is 0 Å². The Hall–Kier alpha value is -2.67. The molecule has 24 heavy (non-hydrogen) atoms. The molecule has 1 aromatic carbocycles. The number of primary amides is 1. The van der Waals surface area contributed by atoms with Crippen molar-refractivity contribution in [2.75, 3.05) is 11.9 Å². The Morgan fingerprint density at radius 3 is 2.54 bits per heavy atom. The largest absolute Gasteiger partial charge is 0.368 e. The second kappa shape index (κ2) is 7.74.